The van der Waals surface area contributed by atoms with E-state index in [1.807, 2.05) is 30.3 Å². The molecule has 1 aliphatic heterocycles. The number of carbonyl (C=O) groups excluding carboxylic acids is 2. The topological polar surface area (TPSA) is 102 Å². The fraction of sp³-hybridized carbons (Fsp3) is 0.150. The number of nitro groups is 1. The minimum absolute atomic E-state index is 0.106. The molecule has 1 N–H and O–H groups in total. The van der Waals surface area contributed by atoms with E-state index in [0.29, 0.717) is 22.1 Å². The highest BCUT2D eigenvalue weighted by atomic mass is 32.1. The first kappa shape index (κ1) is 20.2. The van der Waals surface area contributed by atoms with E-state index in [4.69, 9.17) is 12.2 Å². The number of ketones is 1. The standard InChI is InChI=1S/C20H17N3O5S/c1-12-16(18(24)19(25)28-2)17(13-7-6-10-15(11-13)23(26)27)21-20(29)22(12)14-8-4-3-5-9-14/h3-11,17H,1-2H3,(H,21,29)/t17-/m1/s1. The highest BCUT2D eigenvalue weighted by molar-refractivity contribution is 7.80. The number of rotatable bonds is 5. The molecule has 0 amide bonds. The van der Waals surface area contributed by atoms with Gasteiger partial charge in [0.15, 0.2) is 5.11 Å². The van der Waals surface area contributed by atoms with Crippen molar-refractivity contribution in [2.75, 3.05) is 12.0 Å². The van der Waals surface area contributed by atoms with E-state index in [-0.39, 0.29) is 11.3 Å². The van der Waals surface area contributed by atoms with Crippen molar-refractivity contribution in [2.24, 2.45) is 0 Å². The molecule has 3 rings (SSSR count). The lowest BCUT2D eigenvalue weighted by atomic mass is 9.91. The number of para-hydroxylation sites is 1. The van der Waals surface area contributed by atoms with Crippen LogP contribution in [0.2, 0.25) is 0 Å². The molecule has 0 aromatic heterocycles. The number of carbonyl (C=O) groups is 2. The zero-order valence-electron chi connectivity index (χ0n) is 15.6. The molecule has 148 valence electrons. The Hall–Kier alpha value is -3.59. The van der Waals surface area contributed by atoms with Gasteiger partial charge in [-0.15, -0.1) is 0 Å². The number of ether oxygens (including phenoxy) is 1. The number of benzene rings is 2. The van der Waals surface area contributed by atoms with Gasteiger partial charge in [0.05, 0.1) is 23.6 Å². The molecule has 0 fully saturated rings. The van der Waals surface area contributed by atoms with Crippen LogP contribution in [0, 0.1) is 10.1 Å². The van der Waals surface area contributed by atoms with Gasteiger partial charge >= 0.3 is 5.97 Å². The Labute approximate surface area is 171 Å². The van der Waals surface area contributed by atoms with Gasteiger partial charge in [-0.25, -0.2) is 4.79 Å². The molecule has 0 unspecified atom stereocenters. The smallest absolute Gasteiger partial charge is 0.379 e. The van der Waals surface area contributed by atoms with Gasteiger partial charge < -0.3 is 10.1 Å². The van der Waals surface area contributed by atoms with E-state index in [0.717, 1.165) is 7.11 Å². The summed E-state index contributed by atoms with van der Waals surface area (Å²) in [6.45, 7) is 1.67. The van der Waals surface area contributed by atoms with Crippen LogP contribution in [0.15, 0.2) is 65.9 Å². The number of esters is 1. The number of nitrogens with zero attached hydrogens (tertiary/aromatic N) is 2. The molecule has 1 aliphatic rings. The van der Waals surface area contributed by atoms with E-state index in [1.54, 1.807) is 17.9 Å². The maximum absolute atomic E-state index is 12.8. The average molecular weight is 411 g/mol. The Kier molecular flexibility index (Phi) is 5.69. The van der Waals surface area contributed by atoms with Gasteiger partial charge in [0.2, 0.25) is 0 Å². The van der Waals surface area contributed by atoms with Gasteiger partial charge in [-0.3, -0.25) is 19.8 Å². The van der Waals surface area contributed by atoms with E-state index < -0.39 is 22.7 Å². The first-order valence-corrected chi connectivity index (χ1v) is 8.99. The summed E-state index contributed by atoms with van der Waals surface area (Å²) in [6.07, 6.45) is 0. The predicted molar refractivity (Wildman–Crippen MR) is 110 cm³/mol. The van der Waals surface area contributed by atoms with E-state index in [2.05, 4.69) is 10.1 Å². The zero-order chi connectivity index (χ0) is 21.1. The summed E-state index contributed by atoms with van der Waals surface area (Å²) in [5, 5.41) is 14.5. The van der Waals surface area contributed by atoms with Crippen molar-refractivity contribution in [1.82, 2.24) is 5.32 Å². The maximum Gasteiger partial charge on any atom is 0.379 e. The number of methoxy groups -OCH3 is 1. The molecule has 1 heterocycles. The van der Waals surface area contributed by atoms with Crippen LogP contribution < -0.4 is 10.2 Å². The maximum atomic E-state index is 12.8. The van der Waals surface area contributed by atoms with Crippen molar-refractivity contribution in [3.8, 4) is 0 Å². The molecule has 9 heteroatoms. The van der Waals surface area contributed by atoms with Crippen LogP contribution in [0.1, 0.15) is 18.5 Å². The minimum Gasteiger partial charge on any atom is -0.463 e. The summed E-state index contributed by atoms with van der Waals surface area (Å²) in [5.74, 6) is -1.88. The Bertz CT molecular complexity index is 1040. The number of nitrogens with one attached hydrogen (secondary N) is 1. The van der Waals surface area contributed by atoms with Crippen LogP contribution in [0.25, 0.3) is 0 Å². The summed E-state index contributed by atoms with van der Waals surface area (Å²) in [6, 6.07) is 14.1. The van der Waals surface area contributed by atoms with Gasteiger partial charge in [0, 0.05) is 23.5 Å². The lowest BCUT2D eigenvalue weighted by molar-refractivity contribution is -0.384. The fourth-order valence-corrected chi connectivity index (χ4v) is 3.56. The predicted octanol–water partition coefficient (Wildman–Crippen LogP) is 3.05. The van der Waals surface area contributed by atoms with Crippen molar-refractivity contribution in [1.29, 1.82) is 0 Å². The van der Waals surface area contributed by atoms with Crippen LogP contribution in [0.3, 0.4) is 0 Å². The van der Waals surface area contributed by atoms with Crippen molar-refractivity contribution in [3.63, 3.8) is 0 Å². The normalized spacial score (nSPS) is 16.3. The van der Waals surface area contributed by atoms with Crippen molar-refractivity contribution >= 4 is 40.5 Å². The van der Waals surface area contributed by atoms with Gasteiger partial charge in [-0.1, -0.05) is 30.3 Å². The molecule has 2 aromatic rings. The van der Waals surface area contributed by atoms with Crippen LogP contribution in [0.5, 0.6) is 0 Å². The number of non-ortho nitro benzene ring substituents is 1. The number of Topliss-reactive ketones (excluding diaryl/α,β-unsaturated/α-hetero) is 1. The molecule has 1 atom stereocenters. The third-order valence-corrected chi connectivity index (χ3v) is 4.83. The van der Waals surface area contributed by atoms with Gasteiger partial charge in [-0.2, -0.15) is 0 Å². The first-order chi connectivity index (χ1) is 13.8. The van der Waals surface area contributed by atoms with Crippen LogP contribution in [-0.2, 0) is 14.3 Å². The Morgan fingerprint density at radius 2 is 1.86 bits per heavy atom. The lowest BCUT2D eigenvalue weighted by Crippen LogP contribution is -2.48. The van der Waals surface area contributed by atoms with Crippen molar-refractivity contribution in [2.45, 2.75) is 13.0 Å². The van der Waals surface area contributed by atoms with Gasteiger partial charge in [0.25, 0.3) is 11.5 Å². The van der Waals surface area contributed by atoms with E-state index in [1.165, 1.54) is 18.2 Å². The highest BCUT2D eigenvalue weighted by Crippen LogP contribution is 2.35. The monoisotopic (exact) mass is 411 g/mol. The zero-order valence-corrected chi connectivity index (χ0v) is 16.4. The second-order valence-electron chi connectivity index (χ2n) is 6.23. The molecule has 8 nitrogen and oxygen atoms in total. The van der Waals surface area contributed by atoms with Crippen LogP contribution in [-0.4, -0.2) is 28.9 Å². The van der Waals surface area contributed by atoms with E-state index in [9.17, 15) is 19.7 Å². The number of thiocarbonyl (C=S) groups is 1. The van der Waals surface area contributed by atoms with Crippen LogP contribution in [0.4, 0.5) is 11.4 Å². The number of allylic oxidation sites excluding steroid dienone is 1. The SMILES string of the molecule is COC(=O)C(=O)C1=C(C)N(c2ccccc2)C(=S)N[C@@H]1c1cccc([N+](=O)[O-])c1. The highest BCUT2D eigenvalue weighted by Gasteiger charge is 2.37. The number of hydrogen-bond acceptors (Lipinski definition) is 6. The Morgan fingerprint density at radius 3 is 2.48 bits per heavy atom. The van der Waals surface area contributed by atoms with Crippen molar-refractivity contribution in [3.05, 3.63) is 81.5 Å². The summed E-state index contributed by atoms with van der Waals surface area (Å²) < 4.78 is 4.62. The second kappa shape index (κ2) is 8.19. The summed E-state index contributed by atoms with van der Waals surface area (Å²) >= 11 is 5.50. The van der Waals surface area contributed by atoms with Crippen molar-refractivity contribution < 1.29 is 19.2 Å². The Morgan fingerprint density at radius 1 is 1.17 bits per heavy atom. The quantitative estimate of drug-likeness (QED) is 0.263. The second-order valence-corrected chi connectivity index (χ2v) is 6.61. The molecule has 0 saturated heterocycles. The first-order valence-electron chi connectivity index (χ1n) is 8.58. The molecule has 0 bridgehead atoms. The largest absolute Gasteiger partial charge is 0.463 e. The van der Waals surface area contributed by atoms with Gasteiger partial charge in [-0.05, 0) is 36.8 Å². The van der Waals surface area contributed by atoms with Crippen LogP contribution >= 0.6 is 12.2 Å². The fourth-order valence-electron chi connectivity index (χ4n) is 3.20. The lowest BCUT2D eigenvalue weighted by Gasteiger charge is -2.37. The summed E-state index contributed by atoms with van der Waals surface area (Å²) in [5.41, 5.74) is 1.54. The number of hydrogen-bond donors (Lipinski definition) is 1. The third-order valence-electron chi connectivity index (χ3n) is 4.53. The number of nitro benzene ring substituents is 1. The molecular formula is C20H17N3O5S. The molecule has 0 aliphatic carbocycles. The molecule has 0 radical (unpaired) electrons. The minimum atomic E-state index is -1.03. The molecule has 0 saturated carbocycles. The van der Waals surface area contributed by atoms with Gasteiger partial charge in [0.1, 0.15) is 0 Å². The average Bonchev–Trinajstić information content (AvgIpc) is 2.73. The molecule has 29 heavy (non-hydrogen) atoms. The molecule has 2 aromatic carbocycles. The third kappa shape index (κ3) is 3.85. The van der Waals surface area contributed by atoms with E-state index >= 15 is 0 Å². The molecule has 0 spiro atoms. The summed E-state index contributed by atoms with van der Waals surface area (Å²) in [4.78, 5) is 37.2. The number of anilines is 1. The molecular weight excluding hydrogens is 394 g/mol. The summed E-state index contributed by atoms with van der Waals surface area (Å²) in [7, 11) is 1.12. The Balaban J connectivity index is 2.18.